The molecular weight excluding hydrogens is 162 g/mol. The molecule has 72 valence electrons. The number of nitrogens with one attached hydrogen (secondary N) is 1. The maximum absolute atomic E-state index is 4.28. The standard InChI is InChI=1S/C10H17N3/c1-11-8-5-3-4-6-10-7-9-13(2)12-10/h3-4,7,9,11H,5-6,8H2,1-2H3/b4-3+. The van der Waals surface area contributed by atoms with E-state index >= 15 is 0 Å². The number of nitrogens with zero attached hydrogens (tertiary/aromatic N) is 2. The Labute approximate surface area is 79.5 Å². The summed E-state index contributed by atoms with van der Waals surface area (Å²) in [5.41, 5.74) is 1.13. The zero-order chi connectivity index (χ0) is 9.52. The highest BCUT2D eigenvalue weighted by Gasteiger charge is 1.91. The summed E-state index contributed by atoms with van der Waals surface area (Å²) in [6.07, 6.45) is 8.34. The van der Waals surface area contributed by atoms with Crippen molar-refractivity contribution in [1.82, 2.24) is 15.1 Å². The van der Waals surface area contributed by atoms with Crippen molar-refractivity contribution < 1.29 is 0 Å². The summed E-state index contributed by atoms with van der Waals surface area (Å²) in [7, 11) is 3.90. The lowest BCUT2D eigenvalue weighted by atomic mass is 10.2. The summed E-state index contributed by atoms with van der Waals surface area (Å²) in [6.45, 7) is 1.04. The number of hydrogen-bond donors (Lipinski definition) is 1. The fourth-order valence-electron chi connectivity index (χ4n) is 1.12. The average molecular weight is 179 g/mol. The molecule has 0 bridgehead atoms. The summed E-state index contributed by atoms with van der Waals surface area (Å²) >= 11 is 0. The molecule has 0 saturated heterocycles. The molecule has 1 aromatic heterocycles. The fourth-order valence-corrected chi connectivity index (χ4v) is 1.12. The number of aromatic nitrogens is 2. The molecule has 1 heterocycles. The fraction of sp³-hybridized carbons (Fsp3) is 0.500. The first-order valence-electron chi connectivity index (χ1n) is 4.61. The van der Waals surface area contributed by atoms with Gasteiger partial charge in [0.25, 0.3) is 0 Å². The largest absolute Gasteiger partial charge is 0.319 e. The molecule has 1 rings (SSSR count). The van der Waals surface area contributed by atoms with Crippen molar-refractivity contribution in [1.29, 1.82) is 0 Å². The smallest absolute Gasteiger partial charge is 0.0662 e. The molecule has 0 aliphatic carbocycles. The Kier molecular flexibility index (Phi) is 4.26. The van der Waals surface area contributed by atoms with Crippen molar-refractivity contribution in [2.24, 2.45) is 7.05 Å². The molecule has 0 aromatic carbocycles. The van der Waals surface area contributed by atoms with Gasteiger partial charge < -0.3 is 5.32 Å². The van der Waals surface area contributed by atoms with Crippen LogP contribution in [0, 0.1) is 0 Å². The number of hydrogen-bond acceptors (Lipinski definition) is 2. The van der Waals surface area contributed by atoms with Gasteiger partial charge in [-0.1, -0.05) is 12.2 Å². The molecule has 0 unspecified atom stereocenters. The van der Waals surface area contributed by atoms with Gasteiger partial charge in [0.05, 0.1) is 5.69 Å². The quantitative estimate of drug-likeness (QED) is 0.542. The Morgan fingerprint density at radius 3 is 3.00 bits per heavy atom. The summed E-state index contributed by atoms with van der Waals surface area (Å²) < 4.78 is 1.83. The van der Waals surface area contributed by atoms with E-state index in [9.17, 15) is 0 Å². The van der Waals surface area contributed by atoms with Crippen LogP contribution in [0.2, 0.25) is 0 Å². The van der Waals surface area contributed by atoms with Crippen LogP contribution in [-0.2, 0) is 13.5 Å². The molecule has 0 saturated carbocycles. The van der Waals surface area contributed by atoms with Gasteiger partial charge in [0.2, 0.25) is 0 Å². The molecule has 0 amide bonds. The number of allylic oxidation sites excluding steroid dienone is 1. The van der Waals surface area contributed by atoms with Crippen molar-refractivity contribution in [3.05, 3.63) is 30.1 Å². The highest BCUT2D eigenvalue weighted by atomic mass is 15.2. The van der Waals surface area contributed by atoms with E-state index in [0.717, 1.165) is 25.1 Å². The lowest BCUT2D eigenvalue weighted by Crippen LogP contribution is -2.05. The van der Waals surface area contributed by atoms with E-state index in [-0.39, 0.29) is 0 Å². The third kappa shape index (κ3) is 3.90. The SMILES string of the molecule is CNCC/C=C/Cc1ccn(C)n1. The van der Waals surface area contributed by atoms with Gasteiger partial charge in [-0.3, -0.25) is 4.68 Å². The lowest BCUT2D eigenvalue weighted by molar-refractivity contribution is 0.750. The van der Waals surface area contributed by atoms with Crippen LogP contribution in [0.4, 0.5) is 0 Å². The third-order valence-electron chi connectivity index (χ3n) is 1.82. The highest BCUT2D eigenvalue weighted by molar-refractivity contribution is 5.04. The van der Waals surface area contributed by atoms with Crippen LogP contribution >= 0.6 is 0 Å². The van der Waals surface area contributed by atoms with E-state index in [2.05, 4.69) is 22.6 Å². The van der Waals surface area contributed by atoms with Gasteiger partial charge in [0.1, 0.15) is 0 Å². The van der Waals surface area contributed by atoms with Crippen LogP contribution in [0.3, 0.4) is 0 Å². The second kappa shape index (κ2) is 5.54. The van der Waals surface area contributed by atoms with Gasteiger partial charge in [-0.15, -0.1) is 0 Å². The summed E-state index contributed by atoms with van der Waals surface area (Å²) in [5, 5.41) is 7.38. The zero-order valence-electron chi connectivity index (χ0n) is 8.33. The van der Waals surface area contributed by atoms with Gasteiger partial charge in [-0.2, -0.15) is 5.10 Å². The molecule has 0 aliphatic rings. The lowest BCUT2D eigenvalue weighted by Gasteiger charge is -1.91. The van der Waals surface area contributed by atoms with Gasteiger partial charge in [0.15, 0.2) is 0 Å². The van der Waals surface area contributed by atoms with E-state index in [4.69, 9.17) is 0 Å². The van der Waals surface area contributed by atoms with Crippen LogP contribution in [-0.4, -0.2) is 23.4 Å². The van der Waals surface area contributed by atoms with Crippen LogP contribution in [0.1, 0.15) is 12.1 Å². The Bertz CT molecular complexity index is 263. The van der Waals surface area contributed by atoms with Gasteiger partial charge in [0, 0.05) is 19.7 Å². The minimum atomic E-state index is 0.935. The molecule has 3 nitrogen and oxygen atoms in total. The Balaban J connectivity index is 2.22. The summed E-state index contributed by atoms with van der Waals surface area (Å²) in [6, 6.07) is 2.04. The molecule has 0 fully saturated rings. The first-order valence-corrected chi connectivity index (χ1v) is 4.61. The zero-order valence-corrected chi connectivity index (χ0v) is 8.33. The van der Waals surface area contributed by atoms with Crippen LogP contribution < -0.4 is 5.32 Å². The molecule has 0 aliphatic heterocycles. The maximum Gasteiger partial charge on any atom is 0.0662 e. The van der Waals surface area contributed by atoms with Gasteiger partial charge >= 0.3 is 0 Å². The summed E-state index contributed by atoms with van der Waals surface area (Å²) in [4.78, 5) is 0. The maximum atomic E-state index is 4.28. The molecule has 3 heteroatoms. The number of rotatable bonds is 5. The monoisotopic (exact) mass is 179 g/mol. The molecule has 0 radical (unpaired) electrons. The Morgan fingerprint density at radius 2 is 2.38 bits per heavy atom. The van der Waals surface area contributed by atoms with Crippen molar-refractivity contribution >= 4 is 0 Å². The second-order valence-electron chi connectivity index (χ2n) is 3.05. The van der Waals surface area contributed by atoms with Crippen molar-refractivity contribution in [2.75, 3.05) is 13.6 Å². The normalized spacial score (nSPS) is 11.2. The topological polar surface area (TPSA) is 29.9 Å². The second-order valence-corrected chi connectivity index (χ2v) is 3.05. The Morgan fingerprint density at radius 1 is 1.54 bits per heavy atom. The van der Waals surface area contributed by atoms with Crippen LogP contribution in [0.25, 0.3) is 0 Å². The average Bonchev–Trinajstić information content (AvgIpc) is 2.51. The van der Waals surface area contributed by atoms with Crippen molar-refractivity contribution in [2.45, 2.75) is 12.8 Å². The van der Waals surface area contributed by atoms with E-state index in [1.807, 2.05) is 31.0 Å². The van der Waals surface area contributed by atoms with Gasteiger partial charge in [-0.25, -0.2) is 0 Å². The first kappa shape index (κ1) is 9.99. The third-order valence-corrected chi connectivity index (χ3v) is 1.82. The van der Waals surface area contributed by atoms with Crippen LogP contribution in [0.15, 0.2) is 24.4 Å². The van der Waals surface area contributed by atoms with E-state index < -0.39 is 0 Å². The van der Waals surface area contributed by atoms with E-state index in [0.29, 0.717) is 0 Å². The molecule has 0 spiro atoms. The number of aryl methyl sites for hydroxylation is 1. The minimum absolute atomic E-state index is 0.935. The molecule has 13 heavy (non-hydrogen) atoms. The highest BCUT2D eigenvalue weighted by Crippen LogP contribution is 1.96. The van der Waals surface area contributed by atoms with Gasteiger partial charge in [-0.05, 0) is 26.1 Å². The van der Waals surface area contributed by atoms with Crippen molar-refractivity contribution in [3.63, 3.8) is 0 Å². The Hall–Kier alpha value is -1.09. The van der Waals surface area contributed by atoms with Crippen molar-refractivity contribution in [3.8, 4) is 0 Å². The molecule has 1 N–H and O–H groups in total. The summed E-state index contributed by atoms with van der Waals surface area (Å²) in [5.74, 6) is 0. The predicted molar refractivity (Wildman–Crippen MR) is 54.6 cm³/mol. The van der Waals surface area contributed by atoms with E-state index in [1.165, 1.54) is 0 Å². The minimum Gasteiger partial charge on any atom is -0.319 e. The predicted octanol–water partition coefficient (Wildman–Crippen LogP) is 1.13. The van der Waals surface area contributed by atoms with Crippen LogP contribution in [0.5, 0.6) is 0 Å². The first-order chi connectivity index (χ1) is 6.33. The molecule has 1 aromatic rings. The molecule has 0 atom stereocenters. The molecular formula is C10H17N3. The van der Waals surface area contributed by atoms with E-state index in [1.54, 1.807) is 0 Å².